The molecule has 0 unspecified atom stereocenters. The Morgan fingerprint density at radius 1 is 1.24 bits per heavy atom. The molecule has 0 spiro atoms. The van der Waals surface area contributed by atoms with Crippen molar-refractivity contribution < 1.29 is 9.77 Å². The molecular weight excluding hydrogens is 268 g/mol. The number of hydrogen-bond acceptors (Lipinski definition) is 5. The highest BCUT2D eigenvalue weighted by atomic mass is 16.4. The second-order valence-corrected chi connectivity index (χ2v) is 4.57. The first kappa shape index (κ1) is 14.6. The lowest BCUT2D eigenvalue weighted by molar-refractivity contribution is -0.697. The summed E-state index contributed by atoms with van der Waals surface area (Å²) >= 11 is 0. The summed E-state index contributed by atoms with van der Waals surface area (Å²) in [6.45, 7) is 1.79. The Kier molecular flexibility index (Phi) is 5.40. The number of hydrogen-bond donors (Lipinski definition) is 1. The van der Waals surface area contributed by atoms with Crippen LogP contribution in [0.25, 0.3) is 0 Å². The first-order valence-electron chi connectivity index (χ1n) is 6.63. The monoisotopic (exact) mass is 285 g/mol. The summed E-state index contributed by atoms with van der Waals surface area (Å²) in [4.78, 5) is 12.2. The van der Waals surface area contributed by atoms with Crippen LogP contribution in [0.3, 0.4) is 0 Å². The average molecular weight is 285 g/mol. The zero-order chi connectivity index (χ0) is 14.9. The molecule has 1 N–H and O–H groups in total. The van der Waals surface area contributed by atoms with Crippen LogP contribution < -0.4 is 4.57 Å². The first-order valence-corrected chi connectivity index (χ1v) is 6.63. The highest BCUT2D eigenvalue weighted by Crippen LogP contribution is 2.09. The summed E-state index contributed by atoms with van der Waals surface area (Å²) < 4.78 is 2.08. The Morgan fingerprint density at radius 3 is 2.57 bits per heavy atom. The fourth-order valence-corrected chi connectivity index (χ4v) is 1.97. The molecular formula is C15H17N4O2+. The van der Waals surface area contributed by atoms with E-state index >= 15 is 0 Å². The predicted molar refractivity (Wildman–Crippen MR) is 79.5 cm³/mol. The third-order valence-corrected chi connectivity index (χ3v) is 3.08. The maximum atomic E-state index is 10.1. The molecule has 0 saturated carbocycles. The maximum Gasteiger partial charge on any atom is 0.169 e. The Hall–Kier alpha value is -2.76. The third-order valence-electron chi connectivity index (χ3n) is 3.08. The van der Waals surface area contributed by atoms with E-state index in [4.69, 9.17) is 5.21 Å². The van der Waals surface area contributed by atoms with Gasteiger partial charge in [-0.15, -0.1) is 4.91 Å². The minimum absolute atomic E-state index is 0.803. The van der Waals surface area contributed by atoms with Crippen LogP contribution in [0.1, 0.15) is 12.0 Å². The number of aromatic nitrogens is 1. The third kappa shape index (κ3) is 4.68. The van der Waals surface area contributed by atoms with Crippen LogP contribution >= 0.6 is 0 Å². The quantitative estimate of drug-likeness (QED) is 0.286. The van der Waals surface area contributed by atoms with Crippen molar-refractivity contribution >= 4 is 6.21 Å². The molecule has 1 aliphatic heterocycles. The second kappa shape index (κ2) is 7.74. The van der Waals surface area contributed by atoms with Crippen molar-refractivity contribution in [3.63, 3.8) is 0 Å². The maximum absolute atomic E-state index is 10.1. The van der Waals surface area contributed by atoms with E-state index in [-0.39, 0.29) is 0 Å². The van der Waals surface area contributed by atoms with Crippen LogP contribution in [0, 0.1) is 4.91 Å². The fraction of sp³-hybridized carbons (Fsp3) is 0.200. The molecule has 1 aliphatic rings. The topological polar surface area (TPSA) is 69.1 Å². The zero-order valence-electron chi connectivity index (χ0n) is 11.5. The molecule has 0 radical (unpaired) electrons. The van der Waals surface area contributed by atoms with E-state index in [1.807, 2.05) is 49.1 Å². The van der Waals surface area contributed by atoms with Gasteiger partial charge in [-0.3, -0.25) is 0 Å². The zero-order valence-corrected chi connectivity index (χ0v) is 11.5. The van der Waals surface area contributed by atoms with Crippen molar-refractivity contribution in [1.82, 2.24) is 4.90 Å². The standard InChI is InChI=1S/C15H16N4O2/c20-16-12-14-2-8-18(9-3-14)6-1-7-19-10-4-15(5-11-19)13-17-21/h2-5,8-13H,1,6-7H2/p+1. The molecule has 6 heteroatoms. The van der Waals surface area contributed by atoms with Crippen LogP contribution in [-0.2, 0) is 6.54 Å². The van der Waals surface area contributed by atoms with Crippen molar-refractivity contribution in [2.75, 3.05) is 6.54 Å². The molecule has 2 heterocycles. The molecule has 0 fully saturated rings. The van der Waals surface area contributed by atoms with Crippen molar-refractivity contribution in [1.29, 1.82) is 0 Å². The molecule has 0 aliphatic carbocycles. The van der Waals surface area contributed by atoms with Gasteiger partial charge in [-0.25, -0.2) is 4.57 Å². The summed E-state index contributed by atoms with van der Waals surface area (Å²) in [6.07, 6.45) is 15.2. The number of pyridine rings is 1. The van der Waals surface area contributed by atoms with Crippen molar-refractivity contribution in [2.24, 2.45) is 10.3 Å². The van der Waals surface area contributed by atoms with E-state index in [0.29, 0.717) is 0 Å². The molecule has 21 heavy (non-hydrogen) atoms. The summed E-state index contributed by atoms with van der Waals surface area (Å²) in [5, 5.41) is 14.2. The molecule has 0 bridgehead atoms. The summed E-state index contributed by atoms with van der Waals surface area (Å²) in [5.41, 5.74) is 1.66. The lowest BCUT2D eigenvalue weighted by Crippen LogP contribution is -2.34. The van der Waals surface area contributed by atoms with Gasteiger partial charge in [0.1, 0.15) is 6.54 Å². The minimum Gasteiger partial charge on any atom is -0.411 e. The number of allylic oxidation sites excluding steroid dienone is 3. The number of aryl methyl sites for hydroxylation is 1. The SMILES string of the molecule is O=NC=C1C=CN(CCC[n+]2ccc(C=NO)cc2)C=C1. The molecule has 1 aromatic heterocycles. The Labute approximate surface area is 123 Å². The Bertz CT molecular complexity index is 572. The van der Waals surface area contributed by atoms with E-state index in [0.717, 1.165) is 30.6 Å². The van der Waals surface area contributed by atoms with Crippen LogP contribution in [-0.4, -0.2) is 22.9 Å². The number of nitrogens with zero attached hydrogens (tertiary/aromatic N) is 4. The van der Waals surface area contributed by atoms with E-state index in [1.165, 1.54) is 12.4 Å². The van der Waals surface area contributed by atoms with Gasteiger partial charge in [-0.05, 0) is 22.9 Å². The van der Waals surface area contributed by atoms with Gasteiger partial charge in [-0.2, -0.15) is 0 Å². The molecule has 108 valence electrons. The molecule has 0 amide bonds. The van der Waals surface area contributed by atoms with Gasteiger partial charge in [0.15, 0.2) is 12.4 Å². The van der Waals surface area contributed by atoms with Gasteiger partial charge in [0, 0.05) is 43.1 Å². The van der Waals surface area contributed by atoms with Crippen molar-refractivity contribution in [3.05, 3.63) is 71.3 Å². The minimum atomic E-state index is 0.803. The molecule has 0 aromatic carbocycles. The van der Waals surface area contributed by atoms with E-state index in [9.17, 15) is 4.91 Å². The summed E-state index contributed by atoms with van der Waals surface area (Å²) in [5.74, 6) is 0. The van der Waals surface area contributed by atoms with Gasteiger partial charge in [0.2, 0.25) is 0 Å². The fourth-order valence-electron chi connectivity index (χ4n) is 1.97. The van der Waals surface area contributed by atoms with Gasteiger partial charge in [0.25, 0.3) is 0 Å². The predicted octanol–water partition coefficient (Wildman–Crippen LogP) is 2.17. The largest absolute Gasteiger partial charge is 0.411 e. The van der Waals surface area contributed by atoms with Gasteiger partial charge < -0.3 is 10.1 Å². The van der Waals surface area contributed by atoms with Gasteiger partial charge in [0.05, 0.1) is 12.4 Å². The molecule has 2 rings (SSSR count). The number of oxime groups is 1. The number of rotatable bonds is 6. The molecule has 1 aromatic rings. The normalized spacial score (nSPS) is 13.9. The van der Waals surface area contributed by atoms with E-state index < -0.39 is 0 Å². The van der Waals surface area contributed by atoms with E-state index in [1.54, 1.807) is 0 Å². The lowest BCUT2D eigenvalue weighted by Gasteiger charge is -2.17. The van der Waals surface area contributed by atoms with Crippen LogP contribution in [0.2, 0.25) is 0 Å². The van der Waals surface area contributed by atoms with Crippen LogP contribution in [0.4, 0.5) is 0 Å². The highest BCUT2D eigenvalue weighted by Gasteiger charge is 2.04. The van der Waals surface area contributed by atoms with E-state index in [2.05, 4.69) is 19.8 Å². The van der Waals surface area contributed by atoms with Crippen LogP contribution in [0.15, 0.2) is 71.2 Å². The van der Waals surface area contributed by atoms with Crippen molar-refractivity contribution in [3.8, 4) is 0 Å². The lowest BCUT2D eigenvalue weighted by atomic mass is 10.2. The van der Waals surface area contributed by atoms with Crippen molar-refractivity contribution in [2.45, 2.75) is 13.0 Å². The smallest absolute Gasteiger partial charge is 0.169 e. The summed E-state index contributed by atoms with van der Waals surface area (Å²) in [6, 6.07) is 3.79. The summed E-state index contributed by atoms with van der Waals surface area (Å²) in [7, 11) is 0. The molecule has 6 nitrogen and oxygen atoms in total. The van der Waals surface area contributed by atoms with Crippen LogP contribution in [0.5, 0.6) is 0 Å². The first-order chi connectivity index (χ1) is 10.3. The highest BCUT2D eigenvalue weighted by molar-refractivity contribution is 5.78. The molecule has 0 saturated heterocycles. The Morgan fingerprint density at radius 2 is 1.95 bits per heavy atom. The number of nitroso groups, excluding NO2 is 1. The van der Waals surface area contributed by atoms with Gasteiger partial charge >= 0.3 is 0 Å². The Balaban J connectivity index is 1.77. The second-order valence-electron chi connectivity index (χ2n) is 4.57. The molecule has 0 atom stereocenters. The van der Waals surface area contributed by atoms with Gasteiger partial charge in [-0.1, -0.05) is 5.16 Å². The average Bonchev–Trinajstić information content (AvgIpc) is 2.51.